The van der Waals surface area contributed by atoms with E-state index in [9.17, 15) is 5.11 Å². The summed E-state index contributed by atoms with van der Waals surface area (Å²) in [4.78, 5) is 0. The Morgan fingerprint density at radius 1 is 0.952 bits per heavy atom. The zero-order chi connectivity index (χ0) is 15.2. The lowest BCUT2D eigenvalue weighted by Crippen LogP contribution is -2.03. The smallest absolute Gasteiger partial charge is 0.119 e. The van der Waals surface area contributed by atoms with Gasteiger partial charge in [0.2, 0.25) is 0 Å². The molecular weight excluding hydrogens is 260 g/mol. The summed E-state index contributed by atoms with van der Waals surface area (Å²) in [7, 11) is 0. The lowest BCUT2D eigenvalue weighted by atomic mass is 10.0. The van der Waals surface area contributed by atoms with E-state index in [2.05, 4.69) is 6.58 Å². The van der Waals surface area contributed by atoms with Gasteiger partial charge in [-0.1, -0.05) is 62.8 Å². The van der Waals surface area contributed by atoms with Crippen LogP contribution in [0.15, 0.2) is 43.0 Å². The van der Waals surface area contributed by atoms with Crippen molar-refractivity contribution in [3.05, 3.63) is 43.0 Å². The highest BCUT2D eigenvalue weighted by Crippen LogP contribution is 2.12. The zero-order valence-electron chi connectivity index (χ0n) is 13.2. The number of rotatable bonds is 13. The Morgan fingerprint density at radius 2 is 1.57 bits per heavy atom. The van der Waals surface area contributed by atoms with Crippen LogP contribution in [0, 0.1) is 0 Å². The highest BCUT2D eigenvalue weighted by Gasteiger charge is 2.00. The number of para-hydroxylation sites is 1. The second-order valence-corrected chi connectivity index (χ2v) is 5.60. The second kappa shape index (κ2) is 12.5. The molecule has 0 saturated carbocycles. The largest absolute Gasteiger partial charge is 0.494 e. The van der Waals surface area contributed by atoms with E-state index in [4.69, 9.17) is 4.74 Å². The summed E-state index contributed by atoms with van der Waals surface area (Å²) in [6, 6.07) is 10.0. The molecule has 1 atom stereocenters. The Bertz CT molecular complexity index is 348. The minimum absolute atomic E-state index is 0.183. The molecule has 0 spiro atoms. The van der Waals surface area contributed by atoms with Gasteiger partial charge in [-0.3, -0.25) is 0 Å². The minimum Gasteiger partial charge on any atom is -0.494 e. The molecule has 21 heavy (non-hydrogen) atoms. The van der Waals surface area contributed by atoms with Gasteiger partial charge in [0.05, 0.1) is 12.7 Å². The summed E-state index contributed by atoms with van der Waals surface area (Å²) in [6.07, 6.45) is 11.8. The Morgan fingerprint density at radius 3 is 2.24 bits per heavy atom. The first-order valence-corrected chi connectivity index (χ1v) is 8.29. The fourth-order valence-electron chi connectivity index (χ4n) is 2.38. The van der Waals surface area contributed by atoms with E-state index < -0.39 is 0 Å². The van der Waals surface area contributed by atoms with Crippen molar-refractivity contribution >= 4 is 0 Å². The van der Waals surface area contributed by atoms with Crippen molar-refractivity contribution in [1.82, 2.24) is 0 Å². The number of unbranched alkanes of at least 4 members (excludes halogenated alkanes) is 6. The first kappa shape index (κ1) is 17.8. The van der Waals surface area contributed by atoms with E-state index in [1.54, 1.807) is 6.08 Å². The standard InChI is InChI=1S/C19H30O2/c1-2-13-18(20)14-9-6-4-3-5-7-12-17-21-19-15-10-8-11-16-19/h2,8,10-11,15-16,18,20H,1,3-7,9,12-14,17H2. The fourth-order valence-corrected chi connectivity index (χ4v) is 2.38. The van der Waals surface area contributed by atoms with Crippen molar-refractivity contribution in [2.24, 2.45) is 0 Å². The highest BCUT2D eigenvalue weighted by molar-refractivity contribution is 5.20. The number of ether oxygens (including phenoxy) is 1. The van der Waals surface area contributed by atoms with Crippen LogP contribution in [-0.2, 0) is 0 Å². The summed E-state index contributed by atoms with van der Waals surface area (Å²) in [6.45, 7) is 4.46. The van der Waals surface area contributed by atoms with Crippen LogP contribution in [0.25, 0.3) is 0 Å². The molecule has 0 aliphatic heterocycles. The van der Waals surface area contributed by atoms with Crippen LogP contribution >= 0.6 is 0 Å². The SMILES string of the molecule is C=CCC(O)CCCCCCCCCOc1ccccc1. The van der Waals surface area contributed by atoms with Gasteiger partial charge >= 0.3 is 0 Å². The van der Waals surface area contributed by atoms with Gasteiger partial charge in [-0.2, -0.15) is 0 Å². The molecule has 0 heterocycles. The van der Waals surface area contributed by atoms with Gasteiger partial charge in [-0.15, -0.1) is 6.58 Å². The quantitative estimate of drug-likeness (QED) is 0.403. The Hall–Kier alpha value is -1.28. The Labute approximate surface area is 129 Å². The summed E-state index contributed by atoms with van der Waals surface area (Å²) in [5, 5.41) is 9.56. The molecule has 1 aromatic carbocycles. The molecule has 0 amide bonds. The average molecular weight is 290 g/mol. The molecule has 0 saturated heterocycles. The van der Waals surface area contributed by atoms with Gasteiger partial charge in [0.1, 0.15) is 5.75 Å². The highest BCUT2D eigenvalue weighted by atomic mass is 16.5. The zero-order valence-corrected chi connectivity index (χ0v) is 13.2. The van der Waals surface area contributed by atoms with E-state index in [-0.39, 0.29) is 6.10 Å². The maximum Gasteiger partial charge on any atom is 0.119 e. The summed E-state index contributed by atoms with van der Waals surface area (Å²) < 4.78 is 5.66. The topological polar surface area (TPSA) is 29.5 Å². The van der Waals surface area contributed by atoms with E-state index >= 15 is 0 Å². The molecular formula is C19H30O2. The molecule has 118 valence electrons. The molecule has 0 radical (unpaired) electrons. The van der Waals surface area contributed by atoms with Crippen LogP contribution in [0.5, 0.6) is 5.75 Å². The van der Waals surface area contributed by atoms with Crippen LogP contribution in [0.3, 0.4) is 0 Å². The Kier molecular flexibility index (Phi) is 10.5. The van der Waals surface area contributed by atoms with Gasteiger partial charge in [0.15, 0.2) is 0 Å². The molecule has 0 fully saturated rings. The molecule has 2 nitrogen and oxygen atoms in total. The van der Waals surface area contributed by atoms with Crippen molar-refractivity contribution in [2.75, 3.05) is 6.61 Å². The van der Waals surface area contributed by atoms with Crippen LogP contribution in [0.1, 0.15) is 57.8 Å². The van der Waals surface area contributed by atoms with Crippen molar-refractivity contribution in [3.8, 4) is 5.75 Å². The maximum absolute atomic E-state index is 9.56. The lowest BCUT2D eigenvalue weighted by Gasteiger charge is -2.07. The third kappa shape index (κ3) is 10.1. The molecule has 0 aliphatic carbocycles. The first-order valence-electron chi connectivity index (χ1n) is 8.29. The lowest BCUT2D eigenvalue weighted by molar-refractivity contribution is 0.164. The van der Waals surface area contributed by atoms with Crippen molar-refractivity contribution in [2.45, 2.75) is 63.9 Å². The molecule has 2 heteroatoms. The number of hydrogen-bond donors (Lipinski definition) is 1. The molecule has 1 rings (SSSR count). The number of benzene rings is 1. The predicted molar refractivity (Wildman–Crippen MR) is 89.7 cm³/mol. The molecule has 0 bridgehead atoms. The van der Waals surface area contributed by atoms with E-state index in [0.717, 1.165) is 38.0 Å². The summed E-state index contributed by atoms with van der Waals surface area (Å²) in [5.74, 6) is 0.968. The van der Waals surface area contributed by atoms with Gasteiger partial charge in [0.25, 0.3) is 0 Å². The second-order valence-electron chi connectivity index (χ2n) is 5.60. The van der Waals surface area contributed by atoms with Crippen LogP contribution in [-0.4, -0.2) is 17.8 Å². The van der Waals surface area contributed by atoms with Gasteiger partial charge < -0.3 is 9.84 Å². The Balaban J connectivity index is 1.81. The summed E-state index contributed by atoms with van der Waals surface area (Å²) >= 11 is 0. The van der Waals surface area contributed by atoms with Gasteiger partial charge in [-0.25, -0.2) is 0 Å². The van der Waals surface area contributed by atoms with E-state index in [1.165, 1.54) is 32.1 Å². The normalized spacial score (nSPS) is 12.0. The molecule has 0 aliphatic rings. The van der Waals surface area contributed by atoms with Crippen LogP contribution < -0.4 is 4.74 Å². The molecule has 1 N–H and O–H groups in total. The predicted octanol–water partition coefficient (Wildman–Crippen LogP) is 5.12. The minimum atomic E-state index is -0.183. The van der Waals surface area contributed by atoms with Gasteiger partial charge in [-0.05, 0) is 31.4 Å². The van der Waals surface area contributed by atoms with Crippen LogP contribution in [0.2, 0.25) is 0 Å². The van der Waals surface area contributed by atoms with E-state index in [1.807, 2.05) is 30.3 Å². The van der Waals surface area contributed by atoms with Gasteiger partial charge in [0, 0.05) is 0 Å². The molecule has 1 unspecified atom stereocenters. The fraction of sp³-hybridized carbons (Fsp3) is 0.579. The van der Waals surface area contributed by atoms with Crippen molar-refractivity contribution in [3.63, 3.8) is 0 Å². The monoisotopic (exact) mass is 290 g/mol. The summed E-state index contributed by atoms with van der Waals surface area (Å²) in [5.41, 5.74) is 0. The first-order chi connectivity index (χ1) is 10.3. The molecule has 1 aromatic rings. The maximum atomic E-state index is 9.56. The third-order valence-corrected chi connectivity index (χ3v) is 3.63. The average Bonchev–Trinajstić information content (AvgIpc) is 2.50. The van der Waals surface area contributed by atoms with Crippen molar-refractivity contribution in [1.29, 1.82) is 0 Å². The number of hydrogen-bond acceptors (Lipinski definition) is 2. The van der Waals surface area contributed by atoms with Crippen LogP contribution in [0.4, 0.5) is 0 Å². The third-order valence-electron chi connectivity index (χ3n) is 3.63. The number of aliphatic hydroxyl groups excluding tert-OH is 1. The van der Waals surface area contributed by atoms with Crippen molar-refractivity contribution < 1.29 is 9.84 Å². The number of aliphatic hydroxyl groups is 1. The molecule has 0 aromatic heterocycles. The van der Waals surface area contributed by atoms with E-state index in [0.29, 0.717) is 0 Å².